The molecule has 1 aromatic heterocycles. The molecule has 0 spiro atoms. The molecular formula is C23H25N3O6. The molecule has 0 aliphatic heterocycles. The first-order valence-corrected chi connectivity index (χ1v) is 10.4. The molecule has 168 valence electrons. The normalized spacial score (nSPS) is 10.7. The number of rotatable bonds is 9. The first-order valence-electron chi connectivity index (χ1n) is 10.4. The number of carbonyl (C=O) groups is 3. The summed E-state index contributed by atoms with van der Waals surface area (Å²) >= 11 is 0. The van der Waals surface area contributed by atoms with Crippen molar-refractivity contribution in [2.24, 2.45) is 0 Å². The first kappa shape index (κ1) is 22.8. The molecule has 0 saturated carbocycles. The average molecular weight is 439 g/mol. The third kappa shape index (κ3) is 5.42. The Hall–Kier alpha value is -3.88. The molecule has 9 heteroatoms. The molecule has 0 aliphatic rings. The van der Waals surface area contributed by atoms with E-state index in [4.69, 9.17) is 9.15 Å². The van der Waals surface area contributed by atoms with E-state index in [1.54, 1.807) is 53.4 Å². The molecule has 2 amide bonds. The third-order valence-electron chi connectivity index (χ3n) is 4.94. The minimum absolute atomic E-state index is 0.0775. The van der Waals surface area contributed by atoms with Crippen molar-refractivity contribution in [1.82, 2.24) is 9.47 Å². The van der Waals surface area contributed by atoms with Crippen molar-refractivity contribution < 1.29 is 23.5 Å². The van der Waals surface area contributed by atoms with Crippen LogP contribution in [0.4, 0.5) is 5.69 Å². The van der Waals surface area contributed by atoms with Crippen LogP contribution in [-0.4, -0.2) is 46.9 Å². The molecule has 0 unspecified atom stereocenters. The van der Waals surface area contributed by atoms with E-state index < -0.39 is 24.2 Å². The number of aryl methyl sites for hydroxylation is 1. The van der Waals surface area contributed by atoms with Gasteiger partial charge in [-0.15, -0.1) is 0 Å². The summed E-state index contributed by atoms with van der Waals surface area (Å²) in [5, 5.41) is 2.61. The molecule has 1 heterocycles. The lowest BCUT2D eigenvalue weighted by atomic mass is 10.2. The highest BCUT2D eigenvalue weighted by molar-refractivity contribution is 5.96. The van der Waals surface area contributed by atoms with E-state index in [9.17, 15) is 19.2 Å². The smallest absolute Gasteiger partial charge is 0.419 e. The van der Waals surface area contributed by atoms with Gasteiger partial charge in [0.25, 0.3) is 11.8 Å². The van der Waals surface area contributed by atoms with E-state index in [2.05, 4.69) is 5.32 Å². The number of aromatic nitrogens is 1. The quantitative estimate of drug-likeness (QED) is 0.513. The second kappa shape index (κ2) is 10.4. The average Bonchev–Trinajstić information content (AvgIpc) is 3.12. The number of carbonyl (C=O) groups excluding carboxylic acids is 3. The van der Waals surface area contributed by atoms with Gasteiger partial charge in [-0.3, -0.25) is 19.0 Å². The zero-order chi connectivity index (χ0) is 23.1. The predicted octanol–water partition coefficient (Wildman–Crippen LogP) is 2.65. The van der Waals surface area contributed by atoms with Crippen LogP contribution in [0.3, 0.4) is 0 Å². The Kier molecular flexibility index (Phi) is 7.43. The number of hydrogen-bond acceptors (Lipinski definition) is 6. The van der Waals surface area contributed by atoms with Gasteiger partial charge in [0.2, 0.25) is 0 Å². The fourth-order valence-corrected chi connectivity index (χ4v) is 3.23. The summed E-state index contributed by atoms with van der Waals surface area (Å²) in [6.07, 6.45) is -0.0844. The van der Waals surface area contributed by atoms with E-state index >= 15 is 0 Å². The number of nitrogens with one attached hydrogen (secondary N) is 1. The second-order valence-corrected chi connectivity index (χ2v) is 7.00. The lowest BCUT2D eigenvalue weighted by molar-refractivity contribution is -0.147. The molecule has 32 heavy (non-hydrogen) atoms. The van der Waals surface area contributed by atoms with Gasteiger partial charge in [-0.2, -0.15) is 0 Å². The van der Waals surface area contributed by atoms with Crippen LogP contribution in [0.2, 0.25) is 0 Å². The van der Waals surface area contributed by atoms with Crippen LogP contribution in [0.5, 0.6) is 0 Å². The minimum Gasteiger partial charge on any atom is -0.456 e. The summed E-state index contributed by atoms with van der Waals surface area (Å²) in [7, 11) is 0. The van der Waals surface area contributed by atoms with Crippen molar-refractivity contribution in [1.29, 1.82) is 0 Å². The number of oxazole rings is 1. The van der Waals surface area contributed by atoms with Gasteiger partial charge in [0.15, 0.2) is 12.2 Å². The van der Waals surface area contributed by atoms with Gasteiger partial charge in [-0.05, 0) is 50.2 Å². The molecule has 3 rings (SSSR count). The highest BCUT2D eigenvalue weighted by Gasteiger charge is 2.14. The molecule has 0 fully saturated rings. The van der Waals surface area contributed by atoms with E-state index in [1.165, 1.54) is 4.57 Å². The van der Waals surface area contributed by atoms with Gasteiger partial charge in [0, 0.05) is 30.9 Å². The lowest BCUT2D eigenvalue weighted by Gasteiger charge is -2.18. The monoisotopic (exact) mass is 439 g/mol. The van der Waals surface area contributed by atoms with Gasteiger partial charge >= 0.3 is 11.7 Å². The third-order valence-corrected chi connectivity index (χ3v) is 4.94. The number of anilines is 1. The molecule has 1 N–H and O–H groups in total. The Morgan fingerprint density at radius 3 is 2.41 bits per heavy atom. The zero-order valence-electron chi connectivity index (χ0n) is 18.0. The summed E-state index contributed by atoms with van der Waals surface area (Å²) in [5.74, 6) is -1.75. The van der Waals surface area contributed by atoms with Crippen LogP contribution in [-0.2, 0) is 20.9 Å². The molecule has 0 aliphatic carbocycles. The Balaban J connectivity index is 1.47. The minimum atomic E-state index is -0.613. The highest BCUT2D eigenvalue weighted by atomic mass is 16.5. The van der Waals surface area contributed by atoms with Gasteiger partial charge in [-0.1, -0.05) is 12.1 Å². The zero-order valence-corrected chi connectivity index (χ0v) is 18.0. The number of fused-ring (bicyclic) bond motifs is 1. The predicted molar refractivity (Wildman–Crippen MR) is 118 cm³/mol. The number of benzene rings is 2. The molecule has 2 aromatic carbocycles. The fraction of sp³-hybridized carbons (Fsp3) is 0.304. The van der Waals surface area contributed by atoms with E-state index in [0.29, 0.717) is 35.4 Å². The second-order valence-electron chi connectivity index (χ2n) is 7.00. The summed E-state index contributed by atoms with van der Waals surface area (Å²) in [6.45, 7) is 4.67. The Labute approximate surface area is 184 Å². The summed E-state index contributed by atoms with van der Waals surface area (Å²) in [5.41, 5.74) is 2.04. The molecular weight excluding hydrogens is 414 g/mol. The number of esters is 1. The van der Waals surface area contributed by atoms with Crippen molar-refractivity contribution in [2.75, 3.05) is 25.0 Å². The summed E-state index contributed by atoms with van der Waals surface area (Å²) in [4.78, 5) is 50.0. The summed E-state index contributed by atoms with van der Waals surface area (Å²) < 4.78 is 11.4. The Morgan fingerprint density at radius 1 is 1.03 bits per heavy atom. The van der Waals surface area contributed by atoms with Gasteiger partial charge in [0.1, 0.15) is 0 Å². The van der Waals surface area contributed by atoms with E-state index in [-0.39, 0.29) is 18.9 Å². The molecule has 0 bridgehead atoms. The molecule has 0 saturated heterocycles. The fourth-order valence-electron chi connectivity index (χ4n) is 3.23. The maximum Gasteiger partial charge on any atom is 0.419 e. The van der Waals surface area contributed by atoms with E-state index in [1.807, 2.05) is 13.8 Å². The largest absolute Gasteiger partial charge is 0.456 e. The van der Waals surface area contributed by atoms with Gasteiger partial charge in [0.05, 0.1) is 11.9 Å². The maximum absolute atomic E-state index is 12.3. The number of amides is 2. The molecule has 3 aromatic rings. The molecule has 9 nitrogen and oxygen atoms in total. The van der Waals surface area contributed by atoms with Crippen LogP contribution in [0.1, 0.15) is 30.6 Å². The first-order chi connectivity index (χ1) is 15.4. The number of nitrogens with zero attached hydrogens (tertiary/aromatic N) is 2. The van der Waals surface area contributed by atoms with Gasteiger partial charge < -0.3 is 19.4 Å². The van der Waals surface area contributed by atoms with Crippen molar-refractivity contribution in [3.05, 3.63) is 64.6 Å². The van der Waals surface area contributed by atoms with Crippen LogP contribution in [0.15, 0.2) is 57.7 Å². The maximum atomic E-state index is 12.3. The molecule has 0 atom stereocenters. The number of hydrogen-bond donors (Lipinski definition) is 1. The standard InChI is InChI=1S/C23H25N3O6/c1-3-25(4-2)22(29)16-9-11-17(12-10-16)24-20(27)15-31-21(28)13-14-26-18-7-5-6-8-19(18)32-23(26)30/h5-12H,3-4,13-15H2,1-2H3,(H,24,27). The Bertz CT molecular complexity index is 1160. The topological polar surface area (TPSA) is 111 Å². The van der Waals surface area contributed by atoms with E-state index in [0.717, 1.165) is 0 Å². The van der Waals surface area contributed by atoms with Gasteiger partial charge in [-0.25, -0.2) is 4.79 Å². The van der Waals surface area contributed by atoms with Crippen molar-refractivity contribution in [3.8, 4) is 0 Å². The van der Waals surface area contributed by atoms with Crippen LogP contribution < -0.4 is 11.1 Å². The Morgan fingerprint density at radius 2 is 1.72 bits per heavy atom. The number of ether oxygens (including phenoxy) is 1. The number of para-hydroxylation sites is 2. The SMILES string of the molecule is CCN(CC)C(=O)c1ccc(NC(=O)COC(=O)CCn2c(=O)oc3ccccc32)cc1. The van der Waals surface area contributed by atoms with Crippen LogP contribution >= 0.6 is 0 Å². The summed E-state index contributed by atoms with van der Waals surface area (Å²) in [6, 6.07) is 13.4. The van der Waals surface area contributed by atoms with Crippen molar-refractivity contribution >= 4 is 34.6 Å². The van der Waals surface area contributed by atoms with Crippen LogP contribution in [0, 0.1) is 0 Å². The highest BCUT2D eigenvalue weighted by Crippen LogP contribution is 2.13. The lowest BCUT2D eigenvalue weighted by Crippen LogP contribution is -2.30. The van der Waals surface area contributed by atoms with Crippen molar-refractivity contribution in [2.45, 2.75) is 26.8 Å². The van der Waals surface area contributed by atoms with Crippen LogP contribution in [0.25, 0.3) is 11.1 Å². The van der Waals surface area contributed by atoms with Crippen molar-refractivity contribution in [3.63, 3.8) is 0 Å². The molecule has 0 radical (unpaired) electrons.